The second kappa shape index (κ2) is 9.14. The number of halogens is 2. The third-order valence-corrected chi connectivity index (χ3v) is 4.15. The Morgan fingerprint density at radius 2 is 2.00 bits per heavy atom. The summed E-state index contributed by atoms with van der Waals surface area (Å²) in [5, 5.41) is 3.86. The molecule has 3 rings (SSSR count). The van der Waals surface area contributed by atoms with E-state index in [0.717, 1.165) is 5.56 Å². The lowest BCUT2D eigenvalue weighted by Gasteiger charge is -2.08. The molecule has 2 N–H and O–H groups in total. The number of ether oxygens (including phenoxy) is 1. The molecular weight excluding hydrogens is 413 g/mol. The molecule has 7 heteroatoms. The highest BCUT2D eigenvalue weighted by atomic mass is 79.9. The average molecular weight is 430 g/mol. The van der Waals surface area contributed by atoms with E-state index in [4.69, 9.17) is 15.3 Å². The topological polar surface area (TPSA) is 69.7 Å². The smallest absolute Gasteiger partial charge is 0.170 e. The normalized spacial score (nSPS) is 11.3. The molecule has 27 heavy (non-hydrogen) atoms. The van der Waals surface area contributed by atoms with Crippen LogP contribution in [-0.2, 0) is 18.1 Å². The van der Waals surface area contributed by atoms with E-state index >= 15 is 0 Å². The number of aromatic nitrogens is 1. The predicted molar refractivity (Wildman–Crippen MR) is 105 cm³/mol. The number of rotatable bonds is 7. The number of amidine groups is 1. The molecule has 5 nitrogen and oxygen atoms in total. The van der Waals surface area contributed by atoms with Crippen molar-refractivity contribution in [3.8, 4) is 5.75 Å². The molecule has 0 radical (unpaired) electrons. The molecule has 2 aromatic carbocycles. The summed E-state index contributed by atoms with van der Waals surface area (Å²) >= 11 is 3.21. The maximum atomic E-state index is 13.8. The van der Waals surface area contributed by atoms with Crippen molar-refractivity contribution in [2.75, 3.05) is 0 Å². The van der Waals surface area contributed by atoms with Crippen LogP contribution in [0.3, 0.4) is 0 Å². The van der Waals surface area contributed by atoms with Gasteiger partial charge in [-0.2, -0.15) is 0 Å². The molecule has 0 saturated heterocycles. The van der Waals surface area contributed by atoms with Gasteiger partial charge in [0.1, 0.15) is 24.8 Å². The highest BCUT2D eigenvalue weighted by molar-refractivity contribution is 9.10. The molecule has 138 valence electrons. The number of nitrogens with two attached hydrogens (primary N) is 1. The van der Waals surface area contributed by atoms with Gasteiger partial charge >= 0.3 is 0 Å². The molecule has 0 aliphatic carbocycles. The minimum absolute atomic E-state index is 0.0169. The molecule has 1 aromatic heterocycles. The van der Waals surface area contributed by atoms with E-state index in [9.17, 15) is 4.39 Å². The van der Waals surface area contributed by atoms with E-state index in [1.165, 1.54) is 6.07 Å². The fraction of sp³-hybridized carbons (Fsp3) is 0.100. The Bertz CT molecular complexity index is 936. The van der Waals surface area contributed by atoms with Gasteiger partial charge in [-0.25, -0.2) is 4.39 Å². The number of pyridine rings is 1. The van der Waals surface area contributed by atoms with Crippen molar-refractivity contribution in [1.29, 1.82) is 0 Å². The zero-order chi connectivity index (χ0) is 19.1. The lowest BCUT2D eigenvalue weighted by atomic mass is 10.2. The van der Waals surface area contributed by atoms with Crippen LogP contribution < -0.4 is 10.5 Å². The van der Waals surface area contributed by atoms with Gasteiger partial charge in [-0.1, -0.05) is 45.4 Å². The summed E-state index contributed by atoms with van der Waals surface area (Å²) in [4.78, 5) is 9.23. The van der Waals surface area contributed by atoms with E-state index in [1.807, 2.05) is 24.3 Å². The summed E-state index contributed by atoms with van der Waals surface area (Å²) in [5.74, 6) is 0.455. The van der Waals surface area contributed by atoms with Crippen LogP contribution in [0.25, 0.3) is 0 Å². The second-order valence-electron chi connectivity index (χ2n) is 5.66. The minimum Gasteiger partial charge on any atom is -0.489 e. The van der Waals surface area contributed by atoms with Crippen LogP contribution in [0.1, 0.15) is 16.7 Å². The van der Waals surface area contributed by atoms with Gasteiger partial charge in [0.2, 0.25) is 0 Å². The lowest BCUT2D eigenvalue weighted by molar-refractivity contribution is 0.127. The summed E-state index contributed by atoms with van der Waals surface area (Å²) in [6.45, 7) is 0.380. The monoisotopic (exact) mass is 429 g/mol. The van der Waals surface area contributed by atoms with E-state index in [0.29, 0.717) is 28.0 Å². The Balaban J connectivity index is 1.60. The van der Waals surface area contributed by atoms with Crippen molar-refractivity contribution in [2.45, 2.75) is 13.2 Å². The molecule has 0 amide bonds. The van der Waals surface area contributed by atoms with Crippen LogP contribution in [0.15, 0.2) is 76.6 Å². The Hall–Kier alpha value is -2.93. The standard InChI is InChI=1S/C20H17BrFN3O2/c21-17-7-6-16(19(22)10-17)13-27-25-20(23)15-4-1-5-18(9-15)26-12-14-3-2-8-24-11-14/h1-11H,12-13H2,(H2,23,25). The van der Waals surface area contributed by atoms with E-state index in [-0.39, 0.29) is 18.3 Å². The Morgan fingerprint density at radius 3 is 2.78 bits per heavy atom. The molecule has 0 unspecified atom stereocenters. The van der Waals surface area contributed by atoms with Crippen LogP contribution in [0, 0.1) is 5.82 Å². The Morgan fingerprint density at radius 1 is 1.11 bits per heavy atom. The third kappa shape index (κ3) is 5.52. The SMILES string of the molecule is NC(=NOCc1ccc(Br)cc1F)c1cccc(OCc2cccnc2)c1. The van der Waals surface area contributed by atoms with Gasteiger partial charge < -0.3 is 15.3 Å². The van der Waals surface area contributed by atoms with Gasteiger partial charge in [0.05, 0.1) is 0 Å². The summed E-state index contributed by atoms with van der Waals surface area (Å²) < 4.78 is 20.2. The average Bonchev–Trinajstić information content (AvgIpc) is 2.69. The van der Waals surface area contributed by atoms with Crippen LogP contribution in [0.5, 0.6) is 5.75 Å². The second-order valence-corrected chi connectivity index (χ2v) is 6.58. The summed E-state index contributed by atoms with van der Waals surface area (Å²) in [6.07, 6.45) is 3.45. The zero-order valence-electron chi connectivity index (χ0n) is 14.3. The van der Waals surface area contributed by atoms with E-state index in [1.54, 1.807) is 36.7 Å². The molecule has 0 aliphatic rings. The molecule has 0 bridgehead atoms. The van der Waals surface area contributed by atoms with Crippen molar-refractivity contribution in [2.24, 2.45) is 10.9 Å². The lowest BCUT2D eigenvalue weighted by Crippen LogP contribution is -2.14. The van der Waals surface area contributed by atoms with E-state index < -0.39 is 0 Å². The molecular formula is C20H17BrFN3O2. The fourth-order valence-corrected chi connectivity index (χ4v) is 2.59. The van der Waals surface area contributed by atoms with E-state index in [2.05, 4.69) is 26.1 Å². The first-order valence-corrected chi connectivity index (χ1v) is 8.92. The van der Waals surface area contributed by atoms with Crippen molar-refractivity contribution in [3.05, 3.63) is 94.0 Å². The third-order valence-electron chi connectivity index (χ3n) is 3.66. The van der Waals surface area contributed by atoms with Gasteiger partial charge in [-0.15, -0.1) is 0 Å². The van der Waals surface area contributed by atoms with Crippen molar-refractivity contribution < 1.29 is 14.0 Å². The van der Waals surface area contributed by atoms with Crippen LogP contribution >= 0.6 is 15.9 Å². The Labute approximate surface area is 164 Å². The van der Waals surface area contributed by atoms with Gasteiger partial charge in [0.25, 0.3) is 0 Å². The summed E-state index contributed by atoms with van der Waals surface area (Å²) in [5.41, 5.74) is 7.96. The first kappa shape index (κ1) is 18.8. The molecule has 0 spiro atoms. The van der Waals surface area contributed by atoms with Crippen molar-refractivity contribution in [3.63, 3.8) is 0 Å². The zero-order valence-corrected chi connectivity index (χ0v) is 15.9. The molecule has 0 aliphatic heterocycles. The highest BCUT2D eigenvalue weighted by Gasteiger charge is 2.05. The number of nitrogens with zero attached hydrogens (tertiary/aromatic N) is 2. The number of benzene rings is 2. The fourth-order valence-electron chi connectivity index (χ4n) is 2.26. The first-order chi connectivity index (χ1) is 13.1. The minimum atomic E-state index is -0.371. The van der Waals surface area contributed by atoms with Crippen LogP contribution in [0.2, 0.25) is 0 Å². The molecule has 0 saturated carbocycles. The maximum Gasteiger partial charge on any atom is 0.170 e. The van der Waals surface area contributed by atoms with Gasteiger partial charge in [0, 0.05) is 33.6 Å². The molecule has 1 heterocycles. The molecule has 0 fully saturated rings. The number of oxime groups is 1. The quantitative estimate of drug-likeness (QED) is 0.343. The molecule has 0 atom stereocenters. The largest absolute Gasteiger partial charge is 0.489 e. The van der Waals surface area contributed by atoms with Crippen molar-refractivity contribution in [1.82, 2.24) is 4.98 Å². The maximum absolute atomic E-state index is 13.8. The van der Waals surface area contributed by atoms with Crippen LogP contribution in [-0.4, -0.2) is 10.8 Å². The predicted octanol–water partition coefficient (Wildman–Crippen LogP) is 4.40. The summed E-state index contributed by atoms with van der Waals surface area (Å²) in [7, 11) is 0. The summed E-state index contributed by atoms with van der Waals surface area (Å²) in [6, 6.07) is 15.7. The van der Waals surface area contributed by atoms with Crippen molar-refractivity contribution >= 4 is 21.8 Å². The number of hydrogen-bond donors (Lipinski definition) is 1. The molecule has 3 aromatic rings. The van der Waals surface area contributed by atoms with Gasteiger partial charge in [0.15, 0.2) is 5.84 Å². The van der Waals surface area contributed by atoms with Gasteiger partial charge in [-0.05, 0) is 30.3 Å². The first-order valence-electron chi connectivity index (χ1n) is 8.13. The van der Waals surface area contributed by atoms with Crippen LogP contribution in [0.4, 0.5) is 4.39 Å². The van der Waals surface area contributed by atoms with Gasteiger partial charge in [-0.3, -0.25) is 4.98 Å². The highest BCUT2D eigenvalue weighted by Crippen LogP contribution is 2.17. The number of hydrogen-bond acceptors (Lipinski definition) is 4. The Kier molecular flexibility index (Phi) is 6.38.